The van der Waals surface area contributed by atoms with Gasteiger partial charge in [0.2, 0.25) is 0 Å². The van der Waals surface area contributed by atoms with E-state index in [4.69, 9.17) is 0 Å². The molecule has 0 aliphatic heterocycles. The van der Waals surface area contributed by atoms with Gasteiger partial charge in [-0.25, -0.2) is 4.98 Å². The summed E-state index contributed by atoms with van der Waals surface area (Å²) in [6.45, 7) is 6.19. The van der Waals surface area contributed by atoms with E-state index in [2.05, 4.69) is 51.3 Å². The minimum absolute atomic E-state index is 0.942. The van der Waals surface area contributed by atoms with E-state index in [-0.39, 0.29) is 0 Å². The Hall–Kier alpha value is -0.390. The first-order chi connectivity index (χ1) is 5.77. The second kappa shape index (κ2) is 4.59. The van der Waals surface area contributed by atoms with Crippen LogP contribution in [-0.4, -0.2) is 23.1 Å². The predicted molar refractivity (Wildman–Crippen MR) is 58.3 cm³/mol. The molecule has 0 saturated carbocycles. The molecular formula is C8H12IN3. The molecule has 0 radical (unpaired) electrons. The summed E-state index contributed by atoms with van der Waals surface area (Å²) in [4.78, 5) is 10.6. The summed E-state index contributed by atoms with van der Waals surface area (Å²) in [6.07, 6.45) is 3.56. The molecule has 12 heavy (non-hydrogen) atoms. The molecule has 0 fully saturated rings. The van der Waals surface area contributed by atoms with E-state index in [1.54, 1.807) is 12.4 Å². The Morgan fingerprint density at radius 2 is 2.00 bits per heavy atom. The Morgan fingerprint density at radius 3 is 2.50 bits per heavy atom. The van der Waals surface area contributed by atoms with Gasteiger partial charge >= 0.3 is 0 Å². The molecule has 0 aliphatic rings. The number of hydrogen-bond acceptors (Lipinski definition) is 3. The predicted octanol–water partition coefficient (Wildman–Crippen LogP) is 1.93. The van der Waals surface area contributed by atoms with Crippen LogP contribution in [0.3, 0.4) is 0 Å². The van der Waals surface area contributed by atoms with Crippen molar-refractivity contribution in [2.75, 3.05) is 18.0 Å². The molecule has 0 amide bonds. The van der Waals surface area contributed by atoms with Crippen molar-refractivity contribution in [2.24, 2.45) is 0 Å². The fraction of sp³-hybridized carbons (Fsp3) is 0.500. The average molecular weight is 277 g/mol. The summed E-state index contributed by atoms with van der Waals surface area (Å²) in [5.74, 6) is 0.965. The first kappa shape index (κ1) is 9.70. The summed E-state index contributed by atoms with van der Waals surface area (Å²) in [5, 5.41) is 0. The van der Waals surface area contributed by atoms with Gasteiger partial charge in [-0.1, -0.05) is 0 Å². The third kappa shape index (κ3) is 2.30. The second-order valence-electron chi connectivity index (χ2n) is 2.37. The third-order valence-corrected chi connectivity index (χ3v) is 2.20. The zero-order chi connectivity index (χ0) is 8.97. The molecule has 0 bridgehead atoms. The Morgan fingerprint density at radius 1 is 1.33 bits per heavy atom. The summed E-state index contributed by atoms with van der Waals surface area (Å²) >= 11 is 2.17. The van der Waals surface area contributed by atoms with Gasteiger partial charge < -0.3 is 4.90 Å². The lowest BCUT2D eigenvalue weighted by molar-refractivity contribution is 0.837. The standard InChI is InChI=1S/C8H12IN3/c1-3-12(4-2)8-6-10-5-7(9)11-8/h5-6H,3-4H2,1-2H3. The van der Waals surface area contributed by atoms with Gasteiger partial charge in [-0.3, -0.25) is 4.98 Å². The van der Waals surface area contributed by atoms with E-state index in [0.29, 0.717) is 0 Å². The molecule has 4 heteroatoms. The number of nitrogens with zero attached hydrogens (tertiary/aromatic N) is 3. The van der Waals surface area contributed by atoms with E-state index in [1.165, 1.54) is 0 Å². The summed E-state index contributed by atoms with van der Waals surface area (Å²) < 4.78 is 0.942. The first-order valence-corrected chi connectivity index (χ1v) is 5.08. The largest absolute Gasteiger partial charge is 0.356 e. The van der Waals surface area contributed by atoms with Crippen LogP contribution in [0.5, 0.6) is 0 Å². The smallest absolute Gasteiger partial charge is 0.148 e. The quantitative estimate of drug-likeness (QED) is 0.790. The highest BCUT2D eigenvalue weighted by atomic mass is 127. The molecule has 0 aliphatic carbocycles. The molecule has 0 aromatic carbocycles. The topological polar surface area (TPSA) is 29.0 Å². The van der Waals surface area contributed by atoms with Gasteiger partial charge in [0, 0.05) is 13.1 Å². The summed E-state index contributed by atoms with van der Waals surface area (Å²) in [7, 11) is 0. The minimum Gasteiger partial charge on any atom is -0.356 e. The van der Waals surface area contributed by atoms with Gasteiger partial charge in [0.1, 0.15) is 9.52 Å². The highest BCUT2D eigenvalue weighted by molar-refractivity contribution is 14.1. The van der Waals surface area contributed by atoms with E-state index in [9.17, 15) is 0 Å². The zero-order valence-corrected chi connectivity index (χ0v) is 9.45. The number of rotatable bonds is 3. The molecule has 1 rings (SSSR count). The zero-order valence-electron chi connectivity index (χ0n) is 7.29. The van der Waals surface area contributed by atoms with Crippen LogP contribution in [0.25, 0.3) is 0 Å². The van der Waals surface area contributed by atoms with Crippen LogP contribution < -0.4 is 4.90 Å². The monoisotopic (exact) mass is 277 g/mol. The van der Waals surface area contributed by atoms with Gasteiger partial charge in [-0.2, -0.15) is 0 Å². The van der Waals surface area contributed by atoms with Gasteiger partial charge in [0.25, 0.3) is 0 Å². The van der Waals surface area contributed by atoms with Crippen LogP contribution >= 0.6 is 22.6 Å². The number of hydrogen-bond donors (Lipinski definition) is 0. The normalized spacial score (nSPS) is 9.92. The van der Waals surface area contributed by atoms with Crippen LogP contribution in [0.2, 0.25) is 0 Å². The number of anilines is 1. The van der Waals surface area contributed by atoms with Crippen molar-refractivity contribution >= 4 is 28.4 Å². The fourth-order valence-corrected chi connectivity index (χ4v) is 1.44. The maximum absolute atomic E-state index is 4.37. The van der Waals surface area contributed by atoms with Crippen molar-refractivity contribution in [1.82, 2.24) is 9.97 Å². The Balaban J connectivity index is 2.85. The highest BCUT2D eigenvalue weighted by Crippen LogP contribution is 2.09. The fourth-order valence-electron chi connectivity index (χ4n) is 1.03. The molecule has 1 aromatic rings. The van der Waals surface area contributed by atoms with Crippen LogP contribution in [-0.2, 0) is 0 Å². The van der Waals surface area contributed by atoms with Crippen molar-refractivity contribution in [3.05, 3.63) is 16.1 Å². The van der Waals surface area contributed by atoms with E-state index < -0.39 is 0 Å². The maximum atomic E-state index is 4.37. The Labute approximate surface area is 86.4 Å². The molecule has 0 N–H and O–H groups in total. The molecule has 3 nitrogen and oxygen atoms in total. The molecule has 0 saturated heterocycles. The molecule has 66 valence electrons. The van der Waals surface area contributed by atoms with Crippen molar-refractivity contribution in [2.45, 2.75) is 13.8 Å². The third-order valence-electron chi connectivity index (χ3n) is 1.68. The summed E-state index contributed by atoms with van der Waals surface area (Å²) in [6, 6.07) is 0. The lowest BCUT2D eigenvalue weighted by atomic mass is 10.5. The van der Waals surface area contributed by atoms with Crippen molar-refractivity contribution in [3.8, 4) is 0 Å². The van der Waals surface area contributed by atoms with Crippen LogP contribution in [0, 0.1) is 3.70 Å². The van der Waals surface area contributed by atoms with E-state index in [1.807, 2.05) is 0 Å². The average Bonchev–Trinajstić information content (AvgIpc) is 2.07. The van der Waals surface area contributed by atoms with E-state index >= 15 is 0 Å². The maximum Gasteiger partial charge on any atom is 0.148 e. The van der Waals surface area contributed by atoms with Gasteiger partial charge in [0.05, 0.1) is 12.4 Å². The number of halogens is 1. The van der Waals surface area contributed by atoms with Gasteiger partial charge in [-0.15, -0.1) is 0 Å². The Bertz CT molecular complexity index is 248. The van der Waals surface area contributed by atoms with Crippen LogP contribution in [0.4, 0.5) is 5.82 Å². The molecule has 0 atom stereocenters. The second-order valence-corrected chi connectivity index (χ2v) is 3.48. The van der Waals surface area contributed by atoms with E-state index in [0.717, 1.165) is 22.6 Å². The Kier molecular flexibility index (Phi) is 3.71. The molecule has 1 heterocycles. The minimum atomic E-state index is 0.942. The van der Waals surface area contributed by atoms with Crippen LogP contribution in [0.1, 0.15) is 13.8 Å². The molecular weight excluding hydrogens is 265 g/mol. The molecule has 1 aromatic heterocycles. The first-order valence-electron chi connectivity index (χ1n) is 4.00. The molecule has 0 unspecified atom stereocenters. The van der Waals surface area contributed by atoms with Crippen molar-refractivity contribution < 1.29 is 0 Å². The molecule has 0 spiro atoms. The van der Waals surface area contributed by atoms with Gasteiger partial charge in [-0.05, 0) is 36.4 Å². The SMILES string of the molecule is CCN(CC)c1cncc(I)n1. The van der Waals surface area contributed by atoms with Crippen LogP contribution in [0.15, 0.2) is 12.4 Å². The number of aromatic nitrogens is 2. The van der Waals surface area contributed by atoms with Crippen molar-refractivity contribution in [3.63, 3.8) is 0 Å². The lowest BCUT2D eigenvalue weighted by Crippen LogP contribution is -2.23. The highest BCUT2D eigenvalue weighted by Gasteiger charge is 2.02. The van der Waals surface area contributed by atoms with Gasteiger partial charge in [0.15, 0.2) is 0 Å². The lowest BCUT2D eigenvalue weighted by Gasteiger charge is -2.18. The summed E-state index contributed by atoms with van der Waals surface area (Å²) in [5.41, 5.74) is 0. The van der Waals surface area contributed by atoms with Crippen molar-refractivity contribution in [1.29, 1.82) is 0 Å².